The van der Waals surface area contributed by atoms with Crippen LogP contribution in [0.1, 0.15) is 29.3 Å². The highest BCUT2D eigenvalue weighted by Crippen LogP contribution is 2.08. The highest BCUT2D eigenvalue weighted by Gasteiger charge is 2.13. The van der Waals surface area contributed by atoms with Crippen LogP contribution in [0.2, 0.25) is 0 Å². The molecule has 1 amide bonds. The Hall–Kier alpha value is -2.37. The highest BCUT2D eigenvalue weighted by atomic mass is 16.1. The zero-order valence-electron chi connectivity index (χ0n) is 10.3. The second kappa shape index (κ2) is 5.31. The molecule has 0 aromatic carbocycles. The summed E-state index contributed by atoms with van der Waals surface area (Å²) in [4.78, 5) is 23.0. The third-order valence-corrected chi connectivity index (χ3v) is 2.56. The van der Waals surface area contributed by atoms with Gasteiger partial charge in [-0.05, 0) is 19.1 Å². The fraction of sp³-hybridized carbons (Fsp3) is 0.250. The number of aromatic nitrogens is 3. The Morgan fingerprint density at radius 2 is 2.22 bits per heavy atom. The number of rotatable bonds is 4. The van der Waals surface area contributed by atoms with Crippen molar-refractivity contribution >= 4 is 11.6 Å². The molecule has 18 heavy (non-hydrogen) atoms. The summed E-state index contributed by atoms with van der Waals surface area (Å²) in [6.07, 6.45) is 4.99. The predicted molar refractivity (Wildman–Crippen MR) is 68.3 cm³/mol. The largest absolute Gasteiger partial charge is 0.387 e. The fourth-order valence-corrected chi connectivity index (χ4v) is 1.53. The monoisotopic (exact) mass is 245 g/mol. The molecule has 6 nitrogen and oxygen atoms in total. The Bertz CT molecular complexity index is 506. The number of H-pyrrole nitrogens is 1. The first-order valence-corrected chi connectivity index (χ1v) is 5.64. The molecule has 0 saturated heterocycles. The van der Waals surface area contributed by atoms with Crippen molar-refractivity contribution in [2.75, 3.05) is 12.4 Å². The van der Waals surface area contributed by atoms with Crippen LogP contribution in [0.3, 0.4) is 0 Å². The molecule has 1 unspecified atom stereocenters. The number of imidazole rings is 1. The normalized spacial score (nSPS) is 11.9. The van der Waals surface area contributed by atoms with Crippen LogP contribution >= 0.6 is 0 Å². The zero-order chi connectivity index (χ0) is 13.0. The molecule has 2 heterocycles. The first-order chi connectivity index (χ1) is 8.70. The van der Waals surface area contributed by atoms with Crippen LogP contribution in [0.15, 0.2) is 30.7 Å². The van der Waals surface area contributed by atoms with Crippen molar-refractivity contribution in [3.63, 3.8) is 0 Å². The van der Waals surface area contributed by atoms with E-state index < -0.39 is 0 Å². The number of nitrogens with one attached hydrogen (secondary N) is 3. The summed E-state index contributed by atoms with van der Waals surface area (Å²) in [5.74, 6) is 0.497. The second-order valence-corrected chi connectivity index (χ2v) is 3.85. The first kappa shape index (κ1) is 12.1. The van der Waals surface area contributed by atoms with Gasteiger partial charge >= 0.3 is 0 Å². The van der Waals surface area contributed by atoms with Gasteiger partial charge in [-0.25, -0.2) is 9.97 Å². The Kier molecular flexibility index (Phi) is 3.57. The van der Waals surface area contributed by atoms with E-state index in [-0.39, 0.29) is 11.9 Å². The number of nitrogens with zero attached hydrogens (tertiary/aromatic N) is 2. The lowest BCUT2D eigenvalue weighted by Gasteiger charge is -2.11. The lowest BCUT2D eigenvalue weighted by Crippen LogP contribution is -2.28. The van der Waals surface area contributed by atoms with E-state index in [1.54, 1.807) is 37.8 Å². The van der Waals surface area contributed by atoms with E-state index in [4.69, 9.17) is 0 Å². The molecule has 0 aliphatic carbocycles. The van der Waals surface area contributed by atoms with Crippen molar-refractivity contribution in [2.45, 2.75) is 13.0 Å². The molecule has 0 bridgehead atoms. The van der Waals surface area contributed by atoms with E-state index in [1.165, 1.54) is 0 Å². The number of pyridine rings is 1. The smallest absolute Gasteiger partial charge is 0.270 e. The third-order valence-electron chi connectivity index (χ3n) is 2.56. The van der Waals surface area contributed by atoms with Gasteiger partial charge in [0.25, 0.3) is 5.91 Å². The van der Waals surface area contributed by atoms with Gasteiger partial charge in [0, 0.05) is 19.4 Å². The minimum Gasteiger partial charge on any atom is -0.387 e. The molecule has 0 fully saturated rings. The van der Waals surface area contributed by atoms with Gasteiger partial charge in [0.15, 0.2) is 0 Å². The van der Waals surface area contributed by atoms with Crippen molar-refractivity contribution < 1.29 is 4.79 Å². The van der Waals surface area contributed by atoms with E-state index in [2.05, 4.69) is 25.6 Å². The van der Waals surface area contributed by atoms with Crippen molar-refractivity contribution in [1.29, 1.82) is 0 Å². The van der Waals surface area contributed by atoms with Gasteiger partial charge in [0.05, 0.1) is 17.9 Å². The average Bonchev–Trinajstić information content (AvgIpc) is 2.92. The van der Waals surface area contributed by atoms with Crippen LogP contribution in [0, 0.1) is 0 Å². The van der Waals surface area contributed by atoms with Gasteiger partial charge < -0.3 is 15.6 Å². The number of amides is 1. The molecule has 2 aromatic rings. The molecule has 6 heteroatoms. The zero-order valence-corrected chi connectivity index (χ0v) is 10.3. The molecule has 0 saturated carbocycles. The maximum Gasteiger partial charge on any atom is 0.270 e. The van der Waals surface area contributed by atoms with Crippen molar-refractivity contribution in [3.8, 4) is 0 Å². The Morgan fingerprint density at radius 1 is 1.39 bits per heavy atom. The van der Waals surface area contributed by atoms with Crippen molar-refractivity contribution in [3.05, 3.63) is 42.2 Å². The van der Waals surface area contributed by atoms with Gasteiger partial charge in [-0.15, -0.1) is 0 Å². The average molecular weight is 245 g/mol. The maximum atomic E-state index is 11.9. The lowest BCUT2D eigenvalue weighted by molar-refractivity contribution is 0.0933. The predicted octanol–water partition coefficient (Wildman–Crippen LogP) is 1.34. The van der Waals surface area contributed by atoms with E-state index in [0.717, 1.165) is 11.5 Å². The van der Waals surface area contributed by atoms with E-state index in [9.17, 15) is 4.79 Å². The quantitative estimate of drug-likeness (QED) is 0.759. The maximum absolute atomic E-state index is 11.9. The number of carbonyl (C=O) groups excluding carboxylic acids is 1. The summed E-state index contributed by atoms with van der Waals surface area (Å²) < 4.78 is 0. The summed E-state index contributed by atoms with van der Waals surface area (Å²) in [7, 11) is 1.80. The number of anilines is 1. The molecular weight excluding hydrogens is 230 g/mol. The number of aromatic amines is 1. The molecule has 2 aromatic heterocycles. The third kappa shape index (κ3) is 2.65. The number of hydrogen-bond acceptors (Lipinski definition) is 4. The van der Waals surface area contributed by atoms with Gasteiger partial charge in [-0.1, -0.05) is 0 Å². The lowest BCUT2D eigenvalue weighted by atomic mass is 10.2. The van der Waals surface area contributed by atoms with E-state index in [1.807, 2.05) is 6.92 Å². The van der Waals surface area contributed by atoms with Gasteiger partial charge in [0.1, 0.15) is 11.5 Å². The molecule has 1 atom stereocenters. The van der Waals surface area contributed by atoms with Gasteiger partial charge in [0.2, 0.25) is 0 Å². The second-order valence-electron chi connectivity index (χ2n) is 3.85. The number of hydrogen-bond donors (Lipinski definition) is 3. The minimum atomic E-state index is -0.221. The van der Waals surface area contributed by atoms with Crippen molar-refractivity contribution in [1.82, 2.24) is 20.3 Å². The first-order valence-electron chi connectivity index (χ1n) is 5.64. The summed E-state index contributed by atoms with van der Waals surface area (Å²) in [5.41, 5.74) is 1.25. The Morgan fingerprint density at radius 3 is 2.78 bits per heavy atom. The van der Waals surface area contributed by atoms with Crippen LogP contribution in [0.5, 0.6) is 0 Å². The minimum absolute atomic E-state index is 0.182. The SMILES string of the molecule is CNc1ccc(C(=O)NC(C)c2ncc[nH]2)nc1. The molecule has 3 N–H and O–H groups in total. The fourth-order valence-electron chi connectivity index (χ4n) is 1.53. The molecule has 0 spiro atoms. The molecule has 0 aliphatic rings. The van der Waals surface area contributed by atoms with Crippen molar-refractivity contribution in [2.24, 2.45) is 0 Å². The van der Waals surface area contributed by atoms with Crippen LogP contribution in [0.4, 0.5) is 5.69 Å². The van der Waals surface area contributed by atoms with Gasteiger partial charge in [-0.2, -0.15) is 0 Å². The standard InChI is InChI=1S/C12H15N5O/c1-8(11-14-5-6-15-11)17-12(18)10-4-3-9(13-2)7-16-10/h3-8,13H,1-2H3,(H,14,15)(H,17,18). The molecule has 94 valence electrons. The summed E-state index contributed by atoms with van der Waals surface area (Å²) >= 11 is 0. The highest BCUT2D eigenvalue weighted by molar-refractivity contribution is 5.92. The van der Waals surface area contributed by atoms with Crippen LogP contribution in [0.25, 0.3) is 0 Å². The topological polar surface area (TPSA) is 82.7 Å². The van der Waals surface area contributed by atoms with E-state index >= 15 is 0 Å². The summed E-state index contributed by atoms with van der Waals surface area (Å²) in [6, 6.07) is 3.30. The molecule has 0 radical (unpaired) electrons. The molecule has 0 aliphatic heterocycles. The Balaban J connectivity index is 2.03. The summed E-state index contributed by atoms with van der Waals surface area (Å²) in [6.45, 7) is 1.86. The summed E-state index contributed by atoms with van der Waals surface area (Å²) in [5, 5.41) is 5.77. The van der Waals surface area contributed by atoms with Crippen LogP contribution in [-0.2, 0) is 0 Å². The number of carbonyl (C=O) groups is 1. The Labute approximate surface area is 105 Å². The van der Waals surface area contributed by atoms with Gasteiger partial charge in [-0.3, -0.25) is 4.79 Å². The molecule has 2 rings (SSSR count). The van der Waals surface area contributed by atoms with Crippen LogP contribution in [-0.4, -0.2) is 27.9 Å². The van der Waals surface area contributed by atoms with E-state index in [0.29, 0.717) is 5.69 Å². The van der Waals surface area contributed by atoms with Crippen LogP contribution < -0.4 is 10.6 Å². The molecular formula is C12H15N5O.